The minimum Gasteiger partial charge on any atom is -0.493 e. The minimum absolute atomic E-state index is 0.0164. The van der Waals surface area contributed by atoms with Gasteiger partial charge >= 0.3 is 0 Å². The van der Waals surface area contributed by atoms with Crippen molar-refractivity contribution in [2.24, 2.45) is 0 Å². The Kier molecular flexibility index (Phi) is 6.88. The lowest BCUT2D eigenvalue weighted by Crippen LogP contribution is -2.24. The van der Waals surface area contributed by atoms with Crippen LogP contribution < -0.4 is 10.1 Å². The predicted molar refractivity (Wildman–Crippen MR) is 106 cm³/mol. The summed E-state index contributed by atoms with van der Waals surface area (Å²) in [4.78, 5) is 12.2. The second-order valence-electron chi connectivity index (χ2n) is 6.72. The number of hydrogen-bond donors (Lipinski definition) is 1. The van der Waals surface area contributed by atoms with E-state index in [-0.39, 0.29) is 5.91 Å². The lowest BCUT2D eigenvalue weighted by atomic mass is 9.97. The van der Waals surface area contributed by atoms with E-state index >= 15 is 0 Å². The summed E-state index contributed by atoms with van der Waals surface area (Å²) in [6, 6.07) is 17.7. The van der Waals surface area contributed by atoms with E-state index in [1.54, 1.807) is 0 Å². The molecule has 3 rings (SSSR count). The molecule has 0 fully saturated rings. The molecule has 0 aromatic heterocycles. The van der Waals surface area contributed by atoms with E-state index in [0.29, 0.717) is 18.7 Å². The van der Waals surface area contributed by atoms with Crippen LogP contribution in [-0.2, 0) is 6.42 Å². The second kappa shape index (κ2) is 9.81. The van der Waals surface area contributed by atoms with E-state index in [1.165, 1.54) is 36.8 Å². The normalized spacial score (nSPS) is 13.8. The van der Waals surface area contributed by atoms with Crippen LogP contribution in [0.25, 0.3) is 0 Å². The van der Waals surface area contributed by atoms with Gasteiger partial charge in [0.25, 0.3) is 5.91 Å². The van der Waals surface area contributed by atoms with Crippen LogP contribution >= 0.6 is 0 Å². The molecule has 3 heteroatoms. The van der Waals surface area contributed by atoms with Crippen LogP contribution in [0.1, 0.15) is 48.0 Å². The molecule has 26 heavy (non-hydrogen) atoms. The molecule has 0 heterocycles. The van der Waals surface area contributed by atoms with Gasteiger partial charge in [-0.25, -0.2) is 0 Å². The Hall–Kier alpha value is -2.55. The molecule has 0 bridgehead atoms. The Labute approximate surface area is 156 Å². The van der Waals surface area contributed by atoms with Crippen molar-refractivity contribution in [1.82, 2.24) is 5.32 Å². The summed E-state index contributed by atoms with van der Waals surface area (Å²) in [6.45, 7) is 1.34. The third-order valence-electron chi connectivity index (χ3n) is 4.74. The van der Waals surface area contributed by atoms with Crippen molar-refractivity contribution in [3.8, 4) is 5.75 Å². The molecule has 0 aliphatic heterocycles. The van der Waals surface area contributed by atoms with Gasteiger partial charge in [0.05, 0.1) is 6.61 Å². The topological polar surface area (TPSA) is 38.3 Å². The number of nitrogens with one attached hydrogen (secondary N) is 1. The van der Waals surface area contributed by atoms with Gasteiger partial charge < -0.3 is 10.1 Å². The first-order valence-corrected chi connectivity index (χ1v) is 9.54. The highest BCUT2D eigenvalue weighted by Crippen LogP contribution is 2.19. The molecule has 1 amide bonds. The third-order valence-corrected chi connectivity index (χ3v) is 4.74. The molecule has 2 aromatic carbocycles. The van der Waals surface area contributed by atoms with Gasteiger partial charge in [-0.15, -0.1) is 0 Å². The Balaban J connectivity index is 1.40. The number of allylic oxidation sites excluding steroid dienone is 1. The van der Waals surface area contributed by atoms with E-state index < -0.39 is 0 Å². The fraction of sp³-hybridized carbons (Fsp3) is 0.348. The van der Waals surface area contributed by atoms with Gasteiger partial charge in [-0.1, -0.05) is 42.0 Å². The molecular weight excluding hydrogens is 322 g/mol. The summed E-state index contributed by atoms with van der Waals surface area (Å²) in [5.74, 6) is 0.780. The predicted octanol–water partition coefficient (Wildman–Crippen LogP) is 4.93. The fourth-order valence-corrected chi connectivity index (χ4v) is 3.20. The summed E-state index contributed by atoms with van der Waals surface area (Å²) in [5.41, 5.74) is 3.42. The van der Waals surface area contributed by atoms with Crippen molar-refractivity contribution in [2.45, 2.75) is 38.5 Å². The minimum atomic E-state index is -0.0164. The Morgan fingerprint density at radius 2 is 1.77 bits per heavy atom. The maximum atomic E-state index is 12.2. The Morgan fingerprint density at radius 1 is 0.962 bits per heavy atom. The second-order valence-corrected chi connectivity index (χ2v) is 6.72. The van der Waals surface area contributed by atoms with Gasteiger partial charge in [-0.2, -0.15) is 0 Å². The van der Waals surface area contributed by atoms with Crippen molar-refractivity contribution in [3.05, 3.63) is 77.4 Å². The van der Waals surface area contributed by atoms with Crippen molar-refractivity contribution in [2.75, 3.05) is 13.2 Å². The molecule has 136 valence electrons. The zero-order valence-corrected chi connectivity index (χ0v) is 15.2. The van der Waals surface area contributed by atoms with Gasteiger partial charge in [-0.3, -0.25) is 4.79 Å². The number of rotatable bonds is 8. The first-order valence-electron chi connectivity index (χ1n) is 9.54. The highest BCUT2D eigenvalue weighted by Gasteiger charge is 2.07. The highest BCUT2D eigenvalue weighted by atomic mass is 16.5. The van der Waals surface area contributed by atoms with E-state index in [2.05, 4.69) is 23.5 Å². The smallest absolute Gasteiger partial charge is 0.251 e. The van der Waals surface area contributed by atoms with Crippen LogP contribution in [0.3, 0.4) is 0 Å². The maximum Gasteiger partial charge on any atom is 0.251 e. The average Bonchev–Trinajstić information content (AvgIpc) is 2.70. The summed E-state index contributed by atoms with van der Waals surface area (Å²) >= 11 is 0. The largest absolute Gasteiger partial charge is 0.493 e. The quantitative estimate of drug-likeness (QED) is 0.686. The standard InChI is InChI=1S/C23H27NO2/c25-23(24-17-15-19-7-3-1-4-8-19)21-11-13-22(14-12-21)26-18-16-20-9-5-2-6-10-20/h2,5-7,9-14H,1,3-4,8,15-18H2,(H,24,25). The molecule has 1 aliphatic rings. The molecule has 0 spiro atoms. The van der Waals surface area contributed by atoms with Crippen LogP contribution in [0.2, 0.25) is 0 Å². The maximum absolute atomic E-state index is 12.2. The lowest BCUT2D eigenvalue weighted by molar-refractivity contribution is 0.0954. The first kappa shape index (κ1) is 18.2. The lowest BCUT2D eigenvalue weighted by Gasteiger charge is -2.13. The van der Waals surface area contributed by atoms with E-state index in [0.717, 1.165) is 18.6 Å². The van der Waals surface area contributed by atoms with Crippen LogP contribution in [0.4, 0.5) is 0 Å². The van der Waals surface area contributed by atoms with Gasteiger partial charge in [-0.05, 0) is 61.9 Å². The SMILES string of the molecule is O=C(NCCC1=CCCCC1)c1ccc(OCCc2ccccc2)cc1. The Morgan fingerprint density at radius 3 is 2.50 bits per heavy atom. The van der Waals surface area contributed by atoms with Gasteiger partial charge in [0, 0.05) is 18.5 Å². The molecule has 1 aliphatic carbocycles. The number of hydrogen-bond acceptors (Lipinski definition) is 2. The Bertz CT molecular complexity index is 720. The fourth-order valence-electron chi connectivity index (χ4n) is 3.20. The zero-order chi connectivity index (χ0) is 18.0. The number of ether oxygens (including phenoxy) is 1. The van der Waals surface area contributed by atoms with E-state index in [9.17, 15) is 4.79 Å². The van der Waals surface area contributed by atoms with E-state index in [4.69, 9.17) is 4.74 Å². The molecular formula is C23H27NO2. The molecule has 2 aromatic rings. The summed E-state index contributed by atoms with van der Waals surface area (Å²) in [6.07, 6.45) is 9.13. The van der Waals surface area contributed by atoms with Gasteiger partial charge in [0.1, 0.15) is 5.75 Å². The van der Waals surface area contributed by atoms with Crippen LogP contribution in [-0.4, -0.2) is 19.1 Å². The number of carbonyl (C=O) groups is 1. The summed E-state index contributed by atoms with van der Waals surface area (Å²) in [7, 11) is 0. The first-order chi connectivity index (χ1) is 12.8. The molecule has 1 N–H and O–H groups in total. The number of benzene rings is 2. The van der Waals surface area contributed by atoms with Crippen molar-refractivity contribution < 1.29 is 9.53 Å². The monoisotopic (exact) mass is 349 g/mol. The molecule has 0 saturated carbocycles. The third kappa shape index (κ3) is 5.76. The van der Waals surface area contributed by atoms with Crippen LogP contribution in [0.15, 0.2) is 66.2 Å². The number of amides is 1. The van der Waals surface area contributed by atoms with Crippen LogP contribution in [0.5, 0.6) is 5.75 Å². The molecule has 0 atom stereocenters. The molecule has 0 unspecified atom stereocenters. The van der Waals surface area contributed by atoms with Gasteiger partial charge in [0.15, 0.2) is 0 Å². The van der Waals surface area contributed by atoms with Crippen molar-refractivity contribution in [3.63, 3.8) is 0 Å². The molecule has 3 nitrogen and oxygen atoms in total. The van der Waals surface area contributed by atoms with Crippen molar-refractivity contribution in [1.29, 1.82) is 0 Å². The van der Waals surface area contributed by atoms with E-state index in [1.807, 2.05) is 42.5 Å². The molecule has 0 radical (unpaired) electrons. The number of carbonyl (C=O) groups excluding carboxylic acids is 1. The highest BCUT2D eigenvalue weighted by molar-refractivity contribution is 5.94. The summed E-state index contributed by atoms with van der Waals surface area (Å²) < 4.78 is 5.77. The van der Waals surface area contributed by atoms with Gasteiger partial charge in [0.2, 0.25) is 0 Å². The van der Waals surface area contributed by atoms with Crippen LogP contribution in [0, 0.1) is 0 Å². The van der Waals surface area contributed by atoms with Crippen molar-refractivity contribution >= 4 is 5.91 Å². The zero-order valence-electron chi connectivity index (χ0n) is 15.2. The molecule has 0 saturated heterocycles. The summed E-state index contributed by atoms with van der Waals surface area (Å²) in [5, 5.41) is 3.01. The average molecular weight is 349 g/mol.